The Balaban J connectivity index is 1.40. The molecule has 1 aliphatic rings. The van der Waals surface area contributed by atoms with Gasteiger partial charge in [-0.3, -0.25) is 4.79 Å². The summed E-state index contributed by atoms with van der Waals surface area (Å²) in [4.78, 5) is 12.1. The molecule has 22 heavy (non-hydrogen) atoms. The van der Waals surface area contributed by atoms with Crippen molar-refractivity contribution in [2.45, 2.75) is 12.3 Å². The maximum atomic E-state index is 12.1. The number of furan rings is 1. The molecule has 2 heterocycles. The molecule has 0 spiro atoms. The van der Waals surface area contributed by atoms with E-state index in [1.54, 1.807) is 30.5 Å². The zero-order chi connectivity index (χ0) is 14.9. The van der Waals surface area contributed by atoms with Crippen LogP contribution in [0.2, 0.25) is 0 Å². The summed E-state index contributed by atoms with van der Waals surface area (Å²) in [7, 11) is 0. The van der Waals surface area contributed by atoms with Gasteiger partial charge in [0.05, 0.1) is 17.9 Å². The molecule has 1 saturated carbocycles. The molecule has 7 nitrogen and oxygen atoms in total. The van der Waals surface area contributed by atoms with Crippen molar-refractivity contribution in [1.82, 2.24) is 20.2 Å². The van der Waals surface area contributed by atoms with E-state index < -0.39 is 0 Å². The second-order valence-electron chi connectivity index (χ2n) is 5.13. The summed E-state index contributed by atoms with van der Waals surface area (Å²) in [6.07, 6.45) is 3.89. The van der Waals surface area contributed by atoms with Gasteiger partial charge in [-0.1, -0.05) is 0 Å². The zero-order valence-electron chi connectivity index (χ0n) is 11.5. The van der Waals surface area contributed by atoms with E-state index in [2.05, 4.69) is 15.5 Å². The molecule has 0 amide bonds. The monoisotopic (exact) mass is 296 g/mol. The summed E-state index contributed by atoms with van der Waals surface area (Å²) >= 11 is 0. The lowest BCUT2D eigenvalue weighted by atomic mass is 10.2. The van der Waals surface area contributed by atoms with Crippen LogP contribution >= 0.6 is 0 Å². The Hall–Kier alpha value is -2.96. The van der Waals surface area contributed by atoms with Crippen LogP contribution in [0, 0.1) is 5.92 Å². The summed E-state index contributed by atoms with van der Waals surface area (Å²) in [6, 6.07) is 10.7. The Bertz CT molecular complexity index is 766. The predicted molar refractivity (Wildman–Crippen MR) is 74.3 cm³/mol. The minimum Gasteiger partial charge on any atom is -0.469 e. The van der Waals surface area contributed by atoms with Crippen LogP contribution in [0.5, 0.6) is 5.75 Å². The standard InChI is InChI=1S/C15H12N4O3/c20-15(13-8-12(13)14-2-1-7-21-14)22-11-5-3-10(4-6-11)19-9-16-17-18-19/h1-7,9,12-13H,8H2. The van der Waals surface area contributed by atoms with Crippen molar-refractivity contribution in [3.8, 4) is 11.4 Å². The largest absolute Gasteiger partial charge is 0.469 e. The van der Waals surface area contributed by atoms with Crippen LogP contribution in [0.25, 0.3) is 5.69 Å². The summed E-state index contributed by atoms with van der Waals surface area (Å²) in [5, 5.41) is 10.9. The number of benzene rings is 1. The third-order valence-corrected chi connectivity index (χ3v) is 3.67. The molecule has 0 aliphatic heterocycles. The van der Waals surface area contributed by atoms with E-state index >= 15 is 0 Å². The van der Waals surface area contributed by atoms with Gasteiger partial charge in [0.2, 0.25) is 0 Å². The summed E-state index contributed by atoms with van der Waals surface area (Å²) in [5.41, 5.74) is 0.796. The van der Waals surface area contributed by atoms with Gasteiger partial charge in [0.25, 0.3) is 0 Å². The number of aromatic nitrogens is 4. The molecular formula is C15H12N4O3. The Labute approximate surface area is 125 Å². The Kier molecular flexibility index (Phi) is 2.96. The minimum absolute atomic E-state index is 0.120. The number of carbonyl (C=O) groups excluding carboxylic acids is 1. The van der Waals surface area contributed by atoms with Crippen molar-refractivity contribution in [2.75, 3.05) is 0 Å². The topological polar surface area (TPSA) is 83.0 Å². The maximum Gasteiger partial charge on any atom is 0.315 e. The zero-order valence-corrected chi connectivity index (χ0v) is 11.5. The number of ether oxygens (including phenoxy) is 1. The van der Waals surface area contributed by atoms with Gasteiger partial charge in [-0.05, 0) is 53.2 Å². The van der Waals surface area contributed by atoms with E-state index in [-0.39, 0.29) is 17.8 Å². The number of esters is 1. The van der Waals surface area contributed by atoms with Crippen LogP contribution in [-0.4, -0.2) is 26.2 Å². The van der Waals surface area contributed by atoms with E-state index in [0.717, 1.165) is 17.9 Å². The van der Waals surface area contributed by atoms with Gasteiger partial charge >= 0.3 is 5.97 Å². The highest BCUT2D eigenvalue weighted by Crippen LogP contribution is 2.48. The molecule has 3 aromatic rings. The number of hydrogen-bond donors (Lipinski definition) is 0. The predicted octanol–water partition coefficient (Wildman–Crippen LogP) is 1.96. The fourth-order valence-corrected chi connectivity index (χ4v) is 2.41. The van der Waals surface area contributed by atoms with Gasteiger partial charge in [0.15, 0.2) is 0 Å². The lowest BCUT2D eigenvalue weighted by Gasteiger charge is -2.05. The molecule has 7 heteroatoms. The van der Waals surface area contributed by atoms with Crippen molar-refractivity contribution in [1.29, 1.82) is 0 Å². The molecular weight excluding hydrogens is 284 g/mol. The van der Waals surface area contributed by atoms with Crippen LogP contribution in [0.1, 0.15) is 18.1 Å². The molecule has 0 N–H and O–H groups in total. The lowest BCUT2D eigenvalue weighted by Crippen LogP contribution is -2.11. The molecule has 2 atom stereocenters. The normalized spacial score (nSPS) is 19.8. The first-order chi connectivity index (χ1) is 10.8. The highest BCUT2D eigenvalue weighted by atomic mass is 16.5. The molecule has 110 valence electrons. The maximum absolute atomic E-state index is 12.1. The fraction of sp³-hybridized carbons (Fsp3) is 0.200. The Morgan fingerprint density at radius 2 is 2.14 bits per heavy atom. The van der Waals surface area contributed by atoms with Gasteiger partial charge in [0.1, 0.15) is 17.8 Å². The van der Waals surface area contributed by atoms with Gasteiger partial charge in [-0.25, -0.2) is 4.68 Å². The SMILES string of the molecule is O=C(Oc1ccc(-n2cnnn2)cc1)C1CC1c1ccco1. The minimum atomic E-state index is -0.225. The van der Waals surface area contributed by atoms with Gasteiger partial charge < -0.3 is 9.15 Å². The molecule has 4 rings (SSSR count). The van der Waals surface area contributed by atoms with Gasteiger partial charge in [0, 0.05) is 5.92 Å². The first kappa shape index (κ1) is 12.8. The van der Waals surface area contributed by atoms with Crippen molar-refractivity contribution in [3.63, 3.8) is 0 Å². The Morgan fingerprint density at radius 1 is 1.27 bits per heavy atom. The first-order valence-electron chi connectivity index (χ1n) is 6.90. The first-order valence-corrected chi connectivity index (χ1v) is 6.90. The van der Waals surface area contributed by atoms with E-state index in [4.69, 9.17) is 9.15 Å². The highest BCUT2D eigenvalue weighted by Gasteiger charge is 2.47. The number of rotatable bonds is 4. The third-order valence-electron chi connectivity index (χ3n) is 3.67. The van der Waals surface area contributed by atoms with Crippen molar-refractivity contribution >= 4 is 5.97 Å². The van der Waals surface area contributed by atoms with Gasteiger partial charge in [-0.2, -0.15) is 0 Å². The van der Waals surface area contributed by atoms with Crippen LogP contribution in [-0.2, 0) is 4.79 Å². The number of tetrazole rings is 1. The number of carbonyl (C=O) groups is 1. The summed E-state index contributed by atoms with van der Waals surface area (Å²) in [5.74, 6) is 1.15. The lowest BCUT2D eigenvalue weighted by molar-refractivity contribution is -0.135. The molecule has 1 fully saturated rings. The molecule has 1 aliphatic carbocycles. The molecule has 2 aromatic heterocycles. The molecule has 1 aromatic carbocycles. The van der Waals surface area contributed by atoms with Crippen molar-refractivity contribution in [2.24, 2.45) is 5.92 Å². The van der Waals surface area contributed by atoms with Crippen LogP contribution in [0.4, 0.5) is 0 Å². The van der Waals surface area contributed by atoms with Crippen molar-refractivity contribution < 1.29 is 13.9 Å². The third kappa shape index (κ3) is 2.37. The van der Waals surface area contributed by atoms with E-state index in [0.29, 0.717) is 5.75 Å². The second kappa shape index (κ2) is 5.10. The summed E-state index contributed by atoms with van der Waals surface area (Å²) < 4.78 is 12.2. The number of hydrogen-bond acceptors (Lipinski definition) is 6. The second-order valence-corrected chi connectivity index (χ2v) is 5.13. The molecule has 0 radical (unpaired) electrons. The molecule has 0 saturated heterocycles. The average molecular weight is 296 g/mol. The Morgan fingerprint density at radius 3 is 2.82 bits per heavy atom. The smallest absolute Gasteiger partial charge is 0.315 e. The fourth-order valence-electron chi connectivity index (χ4n) is 2.41. The quantitative estimate of drug-likeness (QED) is 0.540. The molecule has 0 bridgehead atoms. The van der Waals surface area contributed by atoms with Gasteiger partial charge in [-0.15, -0.1) is 5.10 Å². The molecule has 2 unspecified atom stereocenters. The van der Waals surface area contributed by atoms with Crippen LogP contribution in [0.15, 0.2) is 53.4 Å². The number of nitrogens with zero attached hydrogens (tertiary/aromatic N) is 4. The van der Waals surface area contributed by atoms with E-state index in [1.165, 1.54) is 11.0 Å². The average Bonchev–Trinajstić information content (AvgIpc) is 2.97. The van der Waals surface area contributed by atoms with Crippen molar-refractivity contribution in [3.05, 3.63) is 54.7 Å². The van der Waals surface area contributed by atoms with E-state index in [9.17, 15) is 4.79 Å². The highest BCUT2D eigenvalue weighted by molar-refractivity contribution is 5.79. The summed E-state index contributed by atoms with van der Waals surface area (Å²) in [6.45, 7) is 0. The van der Waals surface area contributed by atoms with E-state index in [1.807, 2.05) is 12.1 Å². The van der Waals surface area contributed by atoms with Crippen LogP contribution < -0.4 is 4.74 Å². The van der Waals surface area contributed by atoms with Crippen LogP contribution in [0.3, 0.4) is 0 Å².